The van der Waals surface area contributed by atoms with Crippen LogP contribution in [0.1, 0.15) is 0 Å². The number of aromatic nitrogens is 1. The highest BCUT2D eigenvalue weighted by Gasteiger charge is 1.93. The van der Waals surface area contributed by atoms with E-state index >= 15 is 0 Å². The average Bonchev–Trinajstić information content (AvgIpc) is 2.33. The third-order valence-corrected chi connectivity index (χ3v) is 1.36. The van der Waals surface area contributed by atoms with E-state index in [0.29, 0.717) is 5.58 Å². The van der Waals surface area contributed by atoms with Gasteiger partial charge in [0.1, 0.15) is 5.58 Å². The van der Waals surface area contributed by atoms with E-state index in [9.17, 15) is 4.79 Å². The summed E-state index contributed by atoms with van der Waals surface area (Å²) in [4.78, 5) is 13.2. The monoisotopic (exact) mass is 135 g/mol. The van der Waals surface area contributed by atoms with E-state index in [0.717, 1.165) is 5.39 Å². The molecule has 0 amide bonds. The van der Waals surface area contributed by atoms with Gasteiger partial charge in [-0.3, -0.25) is 4.79 Å². The highest BCUT2D eigenvalue weighted by molar-refractivity contribution is 5.75. The topological polar surface area (TPSA) is 46.0 Å². The Morgan fingerprint density at radius 1 is 1.50 bits per heavy atom. The lowest BCUT2D eigenvalue weighted by molar-refractivity contribution is 0.614. The van der Waals surface area contributed by atoms with E-state index in [1.165, 1.54) is 6.07 Å². The predicted molar refractivity (Wildman–Crippen MR) is 36.8 cm³/mol. The van der Waals surface area contributed by atoms with Gasteiger partial charge in [-0.15, -0.1) is 0 Å². The molecule has 0 fully saturated rings. The zero-order chi connectivity index (χ0) is 6.97. The van der Waals surface area contributed by atoms with Gasteiger partial charge in [0.25, 0.3) is 0 Å². The fraction of sp³-hybridized carbons (Fsp3) is 0. The zero-order valence-electron chi connectivity index (χ0n) is 5.13. The van der Waals surface area contributed by atoms with Crippen molar-refractivity contribution in [1.29, 1.82) is 0 Å². The molecule has 0 aliphatic heterocycles. The van der Waals surface area contributed by atoms with Crippen molar-refractivity contribution in [3.05, 3.63) is 34.9 Å². The van der Waals surface area contributed by atoms with Crippen LogP contribution in [0.15, 0.2) is 33.8 Å². The minimum Gasteiger partial charge on any atom is -0.463 e. The summed E-state index contributed by atoms with van der Waals surface area (Å²) < 4.78 is 5.00. The van der Waals surface area contributed by atoms with Gasteiger partial charge in [0, 0.05) is 17.6 Å². The molecular weight excluding hydrogens is 130 g/mol. The van der Waals surface area contributed by atoms with Crippen molar-refractivity contribution in [2.75, 3.05) is 0 Å². The summed E-state index contributed by atoms with van der Waals surface area (Å²) >= 11 is 0. The fourth-order valence-electron chi connectivity index (χ4n) is 0.887. The SMILES string of the molecule is O=c1cc2ccoc2c[nH]1. The normalized spacial score (nSPS) is 10.4. The first-order valence-electron chi connectivity index (χ1n) is 2.92. The first kappa shape index (κ1) is 5.29. The fourth-order valence-corrected chi connectivity index (χ4v) is 0.887. The number of furan rings is 1. The molecule has 0 bridgehead atoms. The van der Waals surface area contributed by atoms with E-state index in [-0.39, 0.29) is 5.56 Å². The lowest BCUT2D eigenvalue weighted by Crippen LogP contribution is -2.00. The Labute approximate surface area is 56.3 Å². The number of hydrogen-bond acceptors (Lipinski definition) is 2. The quantitative estimate of drug-likeness (QED) is 0.588. The van der Waals surface area contributed by atoms with Crippen molar-refractivity contribution in [1.82, 2.24) is 4.98 Å². The molecule has 3 nitrogen and oxygen atoms in total. The van der Waals surface area contributed by atoms with E-state index in [4.69, 9.17) is 4.42 Å². The van der Waals surface area contributed by atoms with Crippen LogP contribution in [0.2, 0.25) is 0 Å². The summed E-state index contributed by atoms with van der Waals surface area (Å²) in [5.74, 6) is 0. The maximum Gasteiger partial charge on any atom is 0.248 e. The van der Waals surface area contributed by atoms with Gasteiger partial charge in [0.05, 0.1) is 6.26 Å². The molecule has 0 spiro atoms. The summed E-state index contributed by atoms with van der Waals surface area (Å²) in [5.41, 5.74) is 0.605. The van der Waals surface area contributed by atoms with Crippen LogP contribution < -0.4 is 5.56 Å². The molecule has 0 saturated carbocycles. The van der Waals surface area contributed by atoms with Crippen LogP contribution in [0.5, 0.6) is 0 Å². The number of rotatable bonds is 0. The number of fused-ring (bicyclic) bond motifs is 1. The molecule has 1 N–H and O–H groups in total. The van der Waals surface area contributed by atoms with Crippen LogP contribution in [0.3, 0.4) is 0 Å². The van der Waals surface area contributed by atoms with Gasteiger partial charge in [0.15, 0.2) is 0 Å². The third kappa shape index (κ3) is 0.639. The van der Waals surface area contributed by atoms with Crippen molar-refractivity contribution in [2.24, 2.45) is 0 Å². The predicted octanol–water partition coefficient (Wildman–Crippen LogP) is 1.12. The molecule has 3 heteroatoms. The average molecular weight is 135 g/mol. The summed E-state index contributed by atoms with van der Waals surface area (Å²) in [5, 5.41) is 0.837. The Kier molecular flexibility index (Phi) is 0.917. The third-order valence-electron chi connectivity index (χ3n) is 1.36. The van der Waals surface area contributed by atoms with Crippen molar-refractivity contribution >= 4 is 11.0 Å². The van der Waals surface area contributed by atoms with E-state index in [2.05, 4.69) is 4.98 Å². The second-order valence-electron chi connectivity index (χ2n) is 2.04. The standard InChI is InChI=1S/C7H5NO2/c9-7-3-5-1-2-10-6(5)4-8-7/h1-4H,(H,8,9). The van der Waals surface area contributed by atoms with Crippen LogP contribution in [0, 0.1) is 0 Å². The second kappa shape index (κ2) is 1.73. The maximum atomic E-state index is 10.7. The lowest BCUT2D eigenvalue weighted by Gasteiger charge is -1.82. The summed E-state index contributed by atoms with van der Waals surface area (Å²) in [6.45, 7) is 0. The van der Waals surface area contributed by atoms with Crippen LogP contribution >= 0.6 is 0 Å². The number of nitrogens with one attached hydrogen (secondary N) is 1. The van der Waals surface area contributed by atoms with Crippen molar-refractivity contribution in [3.8, 4) is 0 Å². The maximum absolute atomic E-state index is 10.7. The zero-order valence-corrected chi connectivity index (χ0v) is 5.13. The number of aromatic amines is 1. The van der Waals surface area contributed by atoms with Crippen molar-refractivity contribution < 1.29 is 4.42 Å². The second-order valence-corrected chi connectivity index (χ2v) is 2.04. The highest BCUT2D eigenvalue weighted by Crippen LogP contribution is 2.09. The molecule has 0 aliphatic carbocycles. The Hall–Kier alpha value is -1.51. The first-order chi connectivity index (χ1) is 4.86. The molecule has 2 aromatic rings. The van der Waals surface area contributed by atoms with Gasteiger partial charge >= 0.3 is 0 Å². The van der Waals surface area contributed by atoms with E-state index in [1.807, 2.05) is 0 Å². The summed E-state index contributed by atoms with van der Waals surface area (Å²) in [6.07, 6.45) is 3.11. The molecule has 0 saturated heterocycles. The molecule has 0 aromatic carbocycles. The van der Waals surface area contributed by atoms with Gasteiger partial charge in [-0.05, 0) is 6.07 Å². The Balaban J connectivity index is 2.99. The molecule has 50 valence electrons. The molecule has 0 unspecified atom stereocenters. The Bertz CT molecular complexity index is 399. The van der Waals surface area contributed by atoms with Crippen LogP contribution in [-0.2, 0) is 0 Å². The molecule has 0 atom stereocenters. The molecule has 2 heterocycles. The molecular formula is C7H5NO2. The first-order valence-corrected chi connectivity index (χ1v) is 2.92. The summed E-state index contributed by atoms with van der Waals surface area (Å²) in [7, 11) is 0. The molecule has 0 aliphatic rings. The number of pyridine rings is 1. The van der Waals surface area contributed by atoms with Gasteiger partial charge in [-0.2, -0.15) is 0 Å². The molecule has 10 heavy (non-hydrogen) atoms. The summed E-state index contributed by atoms with van der Waals surface area (Å²) in [6, 6.07) is 3.25. The van der Waals surface area contributed by atoms with Gasteiger partial charge in [-0.25, -0.2) is 0 Å². The largest absolute Gasteiger partial charge is 0.463 e. The van der Waals surface area contributed by atoms with Crippen LogP contribution in [-0.4, -0.2) is 4.98 Å². The molecule has 2 rings (SSSR count). The van der Waals surface area contributed by atoms with Crippen LogP contribution in [0.4, 0.5) is 0 Å². The number of hydrogen-bond donors (Lipinski definition) is 1. The van der Waals surface area contributed by atoms with Crippen molar-refractivity contribution in [3.63, 3.8) is 0 Å². The minimum absolute atomic E-state index is 0.103. The van der Waals surface area contributed by atoms with Gasteiger partial charge in [0.2, 0.25) is 5.56 Å². The number of H-pyrrole nitrogens is 1. The lowest BCUT2D eigenvalue weighted by atomic mass is 10.3. The minimum atomic E-state index is -0.103. The van der Waals surface area contributed by atoms with Gasteiger partial charge in [-0.1, -0.05) is 0 Å². The van der Waals surface area contributed by atoms with E-state index < -0.39 is 0 Å². The molecule has 0 radical (unpaired) electrons. The van der Waals surface area contributed by atoms with Crippen molar-refractivity contribution in [2.45, 2.75) is 0 Å². The van der Waals surface area contributed by atoms with Crippen LogP contribution in [0.25, 0.3) is 11.0 Å². The Morgan fingerprint density at radius 2 is 2.40 bits per heavy atom. The van der Waals surface area contributed by atoms with Gasteiger partial charge < -0.3 is 9.40 Å². The molecule has 2 aromatic heterocycles. The highest BCUT2D eigenvalue weighted by atomic mass is 16.3. The smallest absolute Gasteiger partial charge is 0.248 e. The van der Waals surface area contributed by atoms with E-state index in [1.54, 1.807) is 18.5 Å². The Morgan fingerprint density at radius 3 is 3.30 bits per heavy atom.